The molecule has 0 bridgehead atoms. The number of esters is 1. The van der Waals surface area contributed by atoms with Crippen LogP contribution >= 0.6 is 0 Å². The molecule has 1 amide bonds. The Morgan fingerprint density at radius 3 is 2.75 bits per heavy atom. The zero-order valence-corrected chi connectivity index (χ0v) is 11.7. The molecule has 0 saturated carbocycles. The smallest absolute Gasteiger partial charge is 0.313 e. The number of ether oxygens (including phenoxy) is 1. The topological polar surface area (TPSA) is 46.6 Å². The van der Waals surface area contributed by atoms with Gasteiger partial charge < -0.3 is 9.64 Å². The van der Waals surface area contributed by atoms with E-state index >= 15 is 0 Å². The van der Waals surface area contributed by atoms with Crippen LogP contribution in [0, 0.1) is 11.2 Å². The van der Waals surface area contributed by atoms with Crippen molar-refractivity contribution in [2.24, 2.45) is 5.41 Å². The standard InChI is InChI=1S/C15H18FNO3/c1-15(14(19)20-2)7-8-17(10-15)13(18)9-11-5-3-4-6-12(11)16/h3-6H,7-10H2,1-2H3/t15-/m1/s1. The highest BCUT2D eigenvalue weighted by Crippen LogP contribution is 2.31. The number of nitrogens with zero attached hydrogens (tertiary/aromatic N) is 1. The SMILES string of the molecule is COC(=O)[C@]1(C)CCN(C(=O)Cc2ccccc2F)C1. The van der Waals surface area contributed by atoms with Crippen LogP contribution < -0.4 is 0 Å². The monoisotopic (exact) mass is 279 g/mol. The molecule has 1 heterocycles. The molecule has 20 heavy (non-hydrogen) atoms. The van der Waals surface area contributed by atoms with Gasteiger partial charge in [0.15, 0.2) is 0 Å². The first-order valence-electron chi connectivity index (χ1n) is 6.56. The minimum atomic E-state index is -0.653. The van der Waals surface area contributed by atoms with Crippen molar-refractivity contribution in [2.75, 3.05) is 20.2 Å². The molecule has 1 aliphatic heterocycles. The number of carbonyl (C=O) groups is 2. The Balaban J connectivity index is 2.02. The van der Waals surface area contributed by atoms with E-state index in [0.29, 0.717) is 25.1 Å². The van der Waals surface area contributed by atoms with E-state index in [-0.39, 0.29) is 24.1 Å². The predicted molar refractivity (Wildman–Crippen MR) is 71.4 cm³/mol. The lowest BCUT2D eigenvalue weighted by molar-refractivity contribution is -0.151. The maximum atomic E-state index is 13.5. The van der Waals surface area contributed by atoms with Crippen LogP contribution in [0.2, 0.25) is 0 Å². The van der Waals surface area contributed by atoms with E-state index in [1.807, 2.05) is 0 Å². The zero-order chi connectivity index (χ0) is 14.8. The van der Waals surface area contributed by atoms with Crippen molar-refractivity contribution in [1.29, 1.82) is 0 Å². The number of methoxy groups -OCH3 is 1. The molecule has 108 valence electrons. The van der Waals surface area contributed by atoms with E-state index in [1.165, 1.54) is 13.2 Å². The van der Waals surface area contributed by atoms with E-state index in [4.69, 9.17) is 4.74 Å². The molecule has 0 spiro atoms. The summed E-state index contributed by atoms with van der Waals surface area (Å²) in [6.45, 7) is 2.61. The molecule has 0 aliphatic carbocycles. The third kappa shape index (κ3) is 2.81. The maximum Gasteiger partial charge on any atom is 0.313 e. The van der Waals surface area contributed by atoms with Gasteiger partial charge in [0.25, 0.3) is 0 Å². The highest BCUT2D eigenvalue weighted by Gasteiger charge is 2.42. The van der Waals surface area contributed by atoms with Gasteiger partial charge in [0.1, 0.15) is 5.82 Å². The van der Waals surface area contributed by atoms with Crippen LogP contribution in [0.15, 0.2) is 24.3 Å². The predicted octanol–water partition coefficient (Wildman–Crippen LogP) is 1.78. The number of hydrogen-bond donors (Lipinski definition) is 0. The van der Waals surface area contributed by atoms with Crippen LogP contribution in [0.25, 0.3) is 0 Å². The fourth-order valence-electron chi connectivity index (χ4n) is 2.50. The molecule has 1 aromatic carbocycles. The van der Waals surface area contributed by atoms with Gasteiger partial charge in [0.05, 0.1) is 18.9 Å². The molecule has 1 fully saturated rings. The van der Waals surface area contributed by atoms with Gasteiger partial charge in [-0.25, -0.2) is 4.39 Å². The molecule has 4 nitrogen and oxygen atoms in total. The average Bonchev–Trinajstić information content (AvgIpc) is 2.84. The van der Waals surface area contributed by atoms with Crippen LogP contribution in [-0.4, -0.2) is 37.0 Å². The van der Waals surface area contributed by atoms with Crippen molar-refractivity contribution in [3.63, 3.8) is 0 Å². The lowest BCUT2D eigenvalue weighted by atomic mass is 9.90. The largest absolute Gasteiger partial charge is 0.469 e. The third-order valence-corrected chi connectivity index (χ3v) is 3.80. The first kappa shape index (κ1) is 14.5. The number of carbonyl (C=O) groups excluding carboxylic acids is 2. The molecule has 1 aromatic rings. The fourth-order valence-corrected chi connectivity index (χ4v) is 2.50. The number of halogens is 1. The summed E-state index contributed by atoms with van der Waals surface area (Å²) in [6, 6.07) is 6.23. The summed E-state index contributed by atoms with van der Waals surface area (Å²) in [5.41, 5.74) is -0.274. The minimum Gasteiger partial charge on any atom is -0.469 e. The Morgan fingerprint density at radius 1 is 1.40 bits per heavy atom. The zero-order valence-electron chi connectivity index (χ0n) is 11.7. The first-order chi connectivity index (χ1) is 9.46. The van der Waals surface area contributed by atoms with Crippen molar-refractivity contribution in [2.45, 2.75) is 19.8 Å². The van der Waals surface area contributed by atoms with Gasteiger partial charge in [0, 0.05) is 13.1 Å². The van der Waals surface area contributed by atoms with E-state index in [2.05, 4.69) is 0 Å². The minimum absolute atomic E-state index is 0.0178. The van der Waals surface area contributed by atoms with Crippen molar-refractivity contribution in [1.82, 2.24) is 4.90 Å². The molecule has 1 saturated heterocycles. The highest BCUT2D eigenvalue weighted by molar-refractivity contribution is 5.82. The number of benzene rings is 1. The Kier molecular flexibility index (Phi) is 4.06. The lowest BCUT2D eigenvalue weighted by Gasteiger charge is -2.21. The number of likely N-dealkylation sites (tertiary alicyclic amines) is 1. The van der Waals surface area contributed by atoms with Crippen molar-refractivity contribution in [3.8, 4) is 0 Å². The van der Waals surface area contributed by atoms with Crippen LogP contribution in [0.3, 0.4) is 0 Å². The molecular weight excluding hydrogens is 261 g/mol. The first-order valence-corrected chi connectivity index (χ1v) is 6.56. The van der Waals surface area contributed by atoms with E-state index in [1.54, 1.807) is 30.0 Å². The second-order valence-electron chi connectivity index (χ2n) is 5.39. The number of hydrogen-bond acceptors (Lipinski definition) is 3. The second kappa shape index (κ2) is 5.61. The Morgan fingerprint density at radius 2 is 2.10 bits per heavy atom. The van der Waals surface area contributed by atoms with Gasteiger partial charge in [-0.15, -0.1) is 0 Å². The molecule has 1 atom stereocenters. The third-order valence-electron chi connectivity index (χ3n) is 3.80. The van der Waals surface area contributed by atoms with Crippen LogP contribution in [0.4, 0.5) is 4.39 Å². The summed E-state index contributed by atoms with van der Waals surface area (Å²) >= 11 is 0. The molecule has 1 aliphatic rings. The van der Waals surface area contributed by atoms with Gasteiger partial charge in [-0.3, -0.25) is 9.59 Å². The van der Waals surface area contributed by atoms with Gasteiger partial charge in [-0.1, -0.05) is 18.2 Å². The van der Waals surface area contributed by atoms with Crippen molar-refractivity contribution < 1.29 is 18.7 Å². The molecule has 2 rings (SSSR count). The molecule has 5 heteroatoms. The summed E-state index contributed by atoms with van der Waals surface area (Å²) < 4.78 is 18.3. The van der Waals surface area contributed by atoms with Crippen LogP contribution in [0.1, 0.15) is 18.9 Å². The van der Waals surface area contributed by atoms with E-state index < -0.39 is 5.41 Å². The normalized spacial score (nSPS) is 21.9. The Bertz CT molecular complexity index is 532. The summed E-state index contributed by atoms with van der Waals surface area (Å²) in [7, 11) is 1.34. The van der Waals surface area contributed by atoms with E-state index in [0.717, 1.165) is 0 Å². The summed E-state index contributed by atoms with van der Waals surface area (Å²) in [5.74, 6) is -0.850. The molecule has 0 N–H and O–H groups in total. The quantitative estimate of drug-likeness (QED) is 0.792. The van der Waals surface area contributed by atoms with Crippen molar-refractivity contribution in [3.05, 3.63) is 35.6 Å². The highest BCUT2D eigenvalue weighted by atomic mass is 19.1. The maximum absolute atomic E-state index is 13.5. The second-order valence-corrected chi connectivity index (χ2v) is 5.39. The van der Waals surface area contributed by atoms with Gasteiger partial charge in [-0.05, 0) is 25.0 Å². The molecular formula is C15H18FNO3. The number of amides is 1. The molecule has 0 radical (unpaired) electrons. The molecule has 0 unspecified atom stereocenters. The van der Waals surface area contributed by atoms with Gasteiger partial charge >= 0.3 is 5.97 Å². The van der Waals surface area contributed by atoms with Crippen LogP contribution in [-0.2, 0) is 20.7 Å². The average molecular weight is 279 g/mol. The van der Waals surface area contributed by atoms with E-state index in [9.17, 15) is 14.0 Å². The van der Waals surface area contributed by atoms with Gasteiger partial charge in [0.2, 0.25) is 5.91 Å². The van der Waals surface area contributed by atoms with Gasteiger partial charge in [-0.2, -0.15) is 0 Å². The summed E-state index contributed by atoms with van der Waals surface area (Å²) in [4.78, 5) is 25.5. The molecule has 0 aromatic heterocycles. The Hall–Kier alpha value is -1.91. The van der Waals surface area contributed by atoms with Crippen molar-refractivity contribution >= 4 is 11.9 Å². The fraction of sp³-hybridized carbons (Fsp3) is 0.467. The Labute approximate surface area is 117 Å². The summed E-state index contributed by atoms with van der Waals surface area (Å²) in [6.07, 6.45) is 0.590. The van der Waals surface area contributed by atoms with Crippen LogP contribution in [0.5, 0.6) is 0 Å². The lowest BCUT2D eigenvalue weighted by Crippen LogP contribution is -2.36. The number of rotatable bonds is 3. The summed E-state index contributed by atoms with van der Waals surface area (Å²) in [5, 5.41) is 0.